The number of halogens is 1. The summed E-state index contributed by atoms with van der Waals surface area (Å²) in [7, 11) is 1.36. The van der Waals surface area contributed by atoms with Crippen molar-refractivity contribution in [3.05, 3.63) is 113 Å². The third-order valence-corrected chi connectivity index (χ3v) is 6.64. The van der Waals surface area contributed by atoms with Gasteiger partial charge in [0.05, 0.1) is 13.5 Å². The maximum atomic E-state index is 11.6. The van der Waals surface area contributed by atoms with E-state index in [9.17, 15) is 9.90 Å². The van der Waals surface area contributed by atoms with E-state index in [-0.39, 0.29) is 36.9 Å². The summed E-state index contributed by atoms with van der Waals surface area (Å²) in [4.78, 5) is 11.6. The van der Waals surface area contributed by atoms with Gasteiger partial charge in [0, 0.05) is 17.6 Å². The zero-order valence-corrected chi connectivity index (χ0v) is 23.7. The number of para-hydroxylation sites is 1. The second kappa shape index (κ2) is 14.1. The monoisotopic (exact) mass is 547 g/mol. The van der Waals surface area contributed by atoms with Gasteiger partial charge in [-0.1, -0.05) is 84.9 Å². The van der Waals surface area contributed by atoms with Gasteiger partial charge in [0.1, 0.15) is 18.5 Å². The van der Waals surface area contributed by atoms with Crippen LogP contribution in [0.5, 0.6) is 5.75 Å². The molecule has 1 atom stereocenters. The number of hydrogen-bond donors (Lipinski definition) is 2. The normalized spacial score (nSPS) is 12.3. The Bertz CT molecular complexity index is 1350. The van der Waals surface area contributed by atoms with E-state index < -0.39 is 6.10 Å². The summed E-state index contributed by atoms with van der Waals surface area (Å²) in [6, 6.07) is 30.8. The summed E-state index contributed by atoms with van der Waals surface area (Å²) < 4.78 is 10.5. The van der Waals surface area contributed by atoms with Crippen LogP contribution in [-0.2, 0) is 28.8 Å². The number of aliphatic hydroxyl groups is 1. The Hall–Kier alpha value is -3.38. The third kappa shape index (κ3) is 9.10. The number of benzene rings is 4. The van der Waals surface area contributed by atoms with Crippen LogP contribution in [-0.4, -0.2) is 43.0 Å². The Morgan fingerprint density at radius 3 is 2.23 bits per heavy atom. The van der Waals surface area contributed by atoms with Crippen LogP contribution in [0.15, 0.2) is 91.0 Å². The molecule has 2 N–H and O–H groups in total. The number of β-amino-alcohol motifs (C(OH)–C–C–N with tert-alkyl or cyclic N) is 1. The van der Waals surface area contributed by atoms with Gasteiger partial charge >= 0.3 is 5.97 Å². The number of esters is 1. The minimum Gasteiger partial charge on any atom is -0.491 e. The van der Waals surface area contributed by atoms with Crippen LogP contribution >= 0.6 is 12.4 Å². The number of ether oxygens (including phenoxy) is 2. The first-order valence-electron chi connectivity index (χ1n) is 13.1. The molecule has 0 saturated carbocycles. The first-order valence-corrected chi connectivity index (χ1v) is 13.1. The molecule has 0 heterocycles. The van der Waals surface area contributed by atoms with Crippen molar-refractivity contribution < 1.29 is 19.4 Å². The average molecular weight is 548 g/mol. The number of nitrogens with one attached hydrogen (secondary N) is 1. The second-order valence-electron chi connectivity index (χ2n) is 10.4. The van der Waals surface area contributed by atoms with Crippen molar-refractivity contribution in [3.8, 4) is 5.75 Å². The van der Waals surface area contributed by atoms with Crippen LogP contribution < -0.4 is 10.1 Å². The minimum atomic E-state index is -0.679. The lowest BCUT2D eigenvalue weighted by Gasteiger charge is -2.28. The van der Waals surface area contributed by atoms with Crippen molar-refractivity contribution in [2.75, 3.05) is 20.3 Å². The summed E-state index contributed by atoms with van der Waals surface area (Å²) in [6.07, 6.45) is 1.52. The van der Waals surface area contributed by atoms with Gasteiger partial charge in [0.2, 0.25) is 0 Å². The van der Waals surface area contributed by atoms with E-state index in [1.807, 2.05) is 24.3 Å². The zero-order valence-electron chi connectivity index (χ0n) is 22.9. The molecule has 1 unspecified atom stereocenters. The number of carbonyl (C=O) groups excluding carboxylic acids is 1. The lowest BCUT2D eigenvalue weighted by molar-refractivity contribution is -0.139. The number of fused-ring (bicyclic) bond motifs is 3. The minimum absolute atomic E-state index is 0. The van der Waals surface area contributed by atoms with Gasteiger partial charge in [-0.3, -0.25) is 4.79 Å². The first kappa shape index (κ1) is 30.2. The fourth-order valence-electron chi connectivity index (χ4n) is 4.53. The highest BCUT2D eigenvalue weighted by molar-refractivity contribution is 5.85. The van der Waals surface area contributed by atoms with E-state index >= 15 is 0 Å². The van der Waals surface area contributed by atoms with E-state index in [1.165, 1.54) is 41.0 Å². The Kier molecular flexibility index (Phi) is 10.9. The topological polar surface area (TPSA) is 67.8 Å². The summed E-state index contributed by atoms with van der Waals surface area (Å²) in [5, 5.41) is 16.3. The molecule has 2 aliphatic carbocycles. The van der Waals surface area contributed by atoms with Gasteiger partial charge in [-0.05, 0) is 60.2 Å². The number of methoxy groups -OCH3 is 1. The highest BCUT2D eigenvalue weighted by atomic mass is 35.5. The Balaban J connectivity index is 0.000000448. The summed E-state index contributed by atoms with van der Waals surface area (Å²) in [5.41, 5.74) is 4.77. The second-order valence-corrected chi connectivity index (χ2v) is 10.4. The molecule has 0 aromatic heterocycles. The molecule has 0 amide bonds. The largest absolute Gasteiger partial charge is 0.491 e. The highest BCUT2D eigenvalue weighted by Gasteiger charge is 2.20. The number of rotatable bonds is 10. The van der Waals surface area contributed by atoms with Gasteiger partial charge in [-0.25, -0.2) is 0 Å². The van der Waals surface area contributed by atoms with Crippen LogP contribution in [0.25, 0.3) is 10.8 Å². The van der Waals surface area contributed by atoms with E-state index in [0.717, 1.165) is 12.0 Å². The van der Waals surface area contributed by atoms with Crippen molar-refractivity contribution in [1.82, 2.24) is 5.32 Å². The fraction of sp³-hybridized carbons (Fsp3) is 0.303. The molecular weight excluding hydrogens is 510 g/mol. The molecule has 0 aliphatic heterocycles. The molecule has 0 radical (unpaired) electrons. The average Bonchev–Trinajstić information content (AvgIpc) is 2.91. The molecule has 0 fully saturated rings. The molecule has 4 aromatic rings. The predicted molar refractivity (Wildman–Crippen MR) is 160 cm³/mol. The maximum Gasteiger partial charge on any atom is 0.310 e. The summed E-state index contributed by atoms with van der Waals surface area (Å²) in [5.74, 6) is 0.260. The zero-order chi connectivity index (χ0) is 27.0. The Morgan fingerprint density at radius 1 is 0.923 bits per heavy atom. The van der Waals surface area contributed by atoms with E-state index in [4.69, 9.17) is 9.47 Å². The number of aliphatic hydroxyl groups excluding tert-OH is 1. The van der Waals surface area contributed by atoms with E-state index in [2.05, 4.69) is 79.8 Å². The third-order valence-electron chi connectivity index (χ3n) is 6.64. The van der Waals surface area contributed by atoms with E-state index in [0.29, 0.717) is 12.3 Å². The molecule has 2 bridgehead atoms. The van der Waals surface area contributed by atoms with Crippen LogP contribution in [0.3, 0.4) is 0 Å². The van der Waals surface area contributed by atoms with Gasteiger partial charge in [0.15, 0.2) is 0 Å². The van der Waals surface area contributed by atoms with Gasteiger partial charge in [0.25, 0.3) is 0 Å². The van der Waals surface area contributed by atoms with Gasteiger partial charge in [-0.2, -0.15) is 0 Å². The maximum absolute atomic E-state index is 11.6. The van der Waals surface area contributed by atoms with Crippen molar-refractivity contribution >= 4 is 29.1 Å². The summed E-state index contributed by atoms with van der Waals surface area (Å²) >= 11 is 0. The van der Waals surface area contributed by atoms with Gasteiger partial charge < -0.3 is 19.9 Å². The standard InChI is InChI=1S/C26H31NO4.C7H6.ClH/c1-26(2,16-19-12-13-20-8-4-5-9-21(20)14-19)27-17-23(28)18-31-24-11-7-6-10-22(24)15-25(29)30-3;1-2-6-4-7(3-1)5-6;/h4-14,23,27-28H,15-18H2,1-3H3;1-4H,5H2;1H. The van der Waals surface area contributed by atoms with Crippen LogP contribution in [0.2, 0.25) is 0 Å². The lowest BCUT2D eigenvalue weighted by Crippen LogP contribution is -2.46. The molecule has 6 rings (SSSR count). The molecular formula is C33H38ClNO4. The summed E-state index contributed by atoms with van der Waals surface area (Å²) in [6.45, 7) is 4.79. The molecule has 206 valence electrons. The molecule has 0 saturated heterocycles. The van der Waals surface area contributed by atoms with Gasteiger partial charge in [-0.15, -0.1) is 12.4 Å². The van der Waals surface area contributed by atoms with Crippen molar-refractivity contribution in [1.29, 1.82) is 0 Å². The number of hydrogen-bond acceptors (Lipinski definition) is 5. The first-order chi connectivity index (χ1) is 18.3. The predicted octanol–water partition coefficient (Wildman–Crippen LogP) is 5.92. The smallest absolute Gasteiger partial charge is 0.310 e. The molecule has 5 nitrogen and oxygen atoms in total. The van der Waals surface area contributed by atoms with Crippen molar-refractivity contribution in [2.24, 2.45) is 0 Å². The SMILES string of the molecule is COC(=O)Cc1ccccc1OCC(O)CNC(C)(C)Cc1ccc2ccccc2c1.Cl.c1cc2cc(c1)C2. The van der Waals surface area contributed by atoms with Crippen LogP contribution in [0.1, 0.15) is 36.1 Å². The highest BCUT2D eigenvalue weighted by Crippen LogP contribution is 2.21. The fourth-order valence-corrected chi connectivity index (χ4v) is 4.53. The molecule has 2 aliphatic rings. The van der Waals surface area contributed by atoms with Crippen molar-refractivity contribution in [2.45, 2.75) is 44.8 Å². The van der Waals surface area contributed by atoms with Crippen molar-refractivity contribution in [3.63, 3.8) is 0 Å². The van der Waals surface area contributed by atoms with Crippen LogP contribution in [0, 0.1) is 0 Å². The molecule has 6 heteroatoms. The number of carbonyl (C=O) groups is 1. The van der Waals surface area contributed by atoms with E-state index in [1.54, 1.807) is 6.07 Å². The lowest BCUT2D eigenvalue weighted by atomic mass is 9.93. The Morgan fingerprint density at radius 2 is 1.59 bits per heavy atom. The molecule has 4 aromatic carbocycles. The molecule has 0 spiro atoms. The Labute approximate surface area is 237 Å². The van der Waals surface area contributed by atoms with Crippen LogP contribution in [0.4, 0.5) is 0 Å². The molecule has 39 heavy (non-hydrogen) atoms. The quantitative estimate of drug-likeness (QED) is 0.212.